The van der Waals surface area contributed by atoms with Gasteiger partial charge in [0.05, 0.1) is 22.4 Å². The largest absolute Gasteiger partial charge is 0.494 e. The highest BCUT2D eigenvalue weighted by molar-refractivity contribution is 6.30. The van der Waals surface area contributed by atoms with E-state index < -0.39 is 11.5 Å². The van der Waals surface area contributed by atoms with Gasteiger partial charge in [0.15, 0.2) is 0 Å². The van der Waals surface area contributed by atoms with Crippen LogP contribution in [-0.2, 0) is 0 Å². The average Bonchev–Trinajstić information content (AvgIpc) is 2.78. The number of carbonyl (C=O) groups is 1. The van der Waals surface area contributed by atoms with Crippen LogP contribution in [0.3, 0.4) is 0 Å². The topological polar surface area (TPSA) is 109 Å². The van der Waals surface area contributed by atoms with E-state index in [0.717, 1.165) is 4.57 Å². The van der Waals surface area contributed by atoms with E-state index in [9.17, 15) is 14.7 Å². The Balaban J connectivity index is 1.80. The molecule has 1 aromatic carbocycles. The lowest BCUT2D eigenvalue weighted by Gasteiger charge is -2.12. The predicted octanol–water partition coefficient (Wildman–Crippen LogP) is 2.90. The van der Waals surface area contributed by atoms with Gasteiger partial charge in [-0.05, 0) is 30.3 Å². The number of halogens is 1. The molecule has 4 rings (SSSR count). The van der Waals surface area contributed by atoms with Gasteiger partial charge in [-0.25, -0.2) is 15.0 Å². The molecule has 0 saturated heterocycles. The first-order chi connectivity index (χ1) is 14.6. The Morgan fingerprint density at radius 3 is 2.60 bits per heavy atom. The minimum atomic E-state index is -0.462. The van der Waals surface area contributed by atoms with Crippen molar-refractivity contribution in [1.29, 1.82) is 0 Å². The zero-order valence-corrected chi connectivity index (χ0v) is 16.1. The van der Waals surface area contributed by atoms with Crippen LogP contribution >= 0.6 is 11.6 Å². The van der Waals surface area contributed by atoms with E-state index in [4.69, 9.17) is 11.6 Å². The first kappa shape index (κ1) is 19.3. The monoisotopic (exact) mass is 419 g/mol. The molecule has 148 valence electrons. The van der Waals surface area contributed by atoms with Crippen LogP contribution in [0.2, 0.25) is 5.02 Å². The van der Waals surface area contributed by atoms with Crippen molar-refractivity contribution in [3.05, 3.63) is 93.6 Å². The highest BCUT2D eigenvalue weighted by Crippen LogP contribution is 2.25. The van der Waals surface area contributed by atoms with Crippen LogP contribution in [0.15, 0.2) is 77.0 Å². The summed E-state index contributed by atoms with van der Waals surface area (Å²) < 4.78 is 1.06. The minimum absolute atomic E-state index is 0.196. The fourth-order valence-electron chi connectivity index (χ4n) is 2.92. The van der Waals surface area contributed by atoms with E-state index in [1.54, 1.807) is 48.7 Å². The molecule has 0 saturated carbocycles. The second-order valence-corrected chi connectivity index (χ2v) is 6.64. The lowest BCUT2D eigenvalue weighted by molar-refractivity contribution is 0.0954. The van der Waals surface area contributed by atoms with Crippen molar-refractivity contribution in [1.82, 2.24) is 20.0 Å². The fraction of sp³-hybridized carbons (Fsp3) is 0. The Kier molecular flexibility index (Phi) is 5.23. The van der Waals surface area contributed by atoms with Crippen LogP contribution in [0.5, 0.6) is 5.88 Å². The molecule has 0 aliphatic heterocycles. The lowest BCUT2D eigenvalue weighted by atomic mass is 10.1. The van der Waals surface area contributed by atoms with Gasteiger partial charge in [-0.15, -0.1) is 0 Å². The van der Waals surface area contributed by atoms with Crippen molar-refractivity contribution in [3.8, 4) is 11.7 Å². The van der Waals surface area contributed by atoms with E-state index in [-0.39, 0.29) is 17.3 Å². The quantitative estimate of drug-likeness (QED) is 0.390. The predicted molar refractivity (Wildman–Crippen MR) is 113 cm³/mol. The Morgan fingerprint density at radius 2 is 1.90 bits per heavy atom. The molecule has 0 spiro atoms. The summed E-state index contributed by atoms with van der Waals surface area (Å²) in [5, 5.41) is 16.0. The Labute approximate surface area is 175 Å². The highest BCUT2D eigenvalue weighted by Gasteiger charge is 2.17. The summed E-state index contributed by atoms with van der Waals surface area (Å²) in [4.78, 5) is 33.1. The van der Waals surface area contributed by atoms with E-state index in [2.05, 4.69) is 20.5 Å². The van der Waals surface area contributed by atoms with Gasteiger partial charge in [0.25, 0.3) is 11.5 Å². The van der Waals surface area contributed by atoms with Gasteiger partial charge >= 0.3 is 0 Å². The van der Waals surface area contributed by atoms with E-state index >= 15 is 0 Å². The van der Waals surface area contributed by atoms with Gasteiger partial charge in [-0.1, -0.05) is 29.8 Å². The molecule has 4 aromatic rings. The molecule has 9 heteroatoms. The van der Waals surface area contributed by atoms with E-state index in [0.29, 0.717) is 21.4 Å². The maximum Gasteiger partial charge on any atom is 0.272 e. The molecule has 0 bridgehead atoms. The molecule has 0 aliphatic carbocycles. The standard InChI is InChI=1S/C21H14ClN5O3/c22-14-7-8-18(24-11-14)27-20(29)16-6-2-1-5-15(16)17(21(27)30)12-25-26-19(28)13-4-3-9-23-10-13/h1-12,30H,(H,26,28). The van der Waals surface area contributed by atoms with Crippen LogP contribution in [-0.4, -0.2) is 31.8 Å². The number of hydrogen-bond acceptors (Lipinski definition) is 6. The third-order valence-corrected chi connectivity index (χ3v) is 4.55. The SMILES string of the molecule is O=C(NN=Cc1c(O)n(-c2ccc(Cl)cn2)c(=O)c2ccccc12)c1cccnc1. The number of benzene rings is 1. The second-order valence-electron chi connectivity index (χ2n) is 6.20. The van der Waals surface area contributed by atoms with Gasteiger partial charge in [0, 0.05) is 29.4 Å². The van der Waals surface area contributed by atoms with Gasteiger partial charge in [-0.3, -0.25) is 14.6 Å². The molecule has 8 nitrogen and oxygen atoms in total. The lowest BCUT2D eigenvalue weighted by Crippen LogP contribution is -2.21. The third kappa shape index (κ3) is 3.63. The number of fused-ring (bicyclic) bond motifs is 1. The van der Waals surface area contributed by atoms with Crippen LogP contribution in [0, 0.1) is 0 Å². The molecular weight excluding hydrogens is 406 g/mol. The minimum Gasteiger partial charge on any atom is -0.494 e. The molecule has 1 amide bonds. The summed E-state index contributed by atoms with van der Waals surface area (Å²) in [5.41, 5.74) is 2.51. The summed E-state index contributed by atoms with van der Waals surface area (Å²) in [5.74, 6) is -0.634. The van der Waals surface area contributed by atoms with Gasteiger partial charge in [0.2, 0.25) is 5.88 Å². The number of pyridine rings is 3. The second kappa shape index (κ2) is 8.14. The van der Waals surface area contributed by atoms with Crippen molar-refractivity contribution < 1.29 is 9.90 Å². The van der Waals surface area contributed by atoms with E-state index in [1.165, 1.54) is 24.7 Å². The first-order valence-electron chi connectivity index (χ1n) is 8.78. The normalized spacial score (nSPS) is 11.1. The smallest absolute Gasteiger partial charge is 0.272 e. The van der Waals surface area contributed by atoms with Crippen molar-refractivity contribution >= 4 is 34.5 Å². The van der Waals surface area contributed by atoms with Gasteiger partial charge < -0.3 is 5.11 Å². The van der Waals surface area contributed by atoms with Crippen LogP contribution in [0.1, 0.15) is 15.9 Å². The summed E-state index contributed by atoms with van der Waals surface area (Å²) >= 11 is 5.88. The number of nitrogens with one attached hydrogen (secondary N) is 1. The Bertz CT molecular complexity index is 1320. The first-order valence-corrected chi connectivity index (χ1v) is 9.16. The fourth-order valence-corrected chi connectivity index (χ4v) is 3.03. The number of carbonyl (C=O) groups excluding carboxylic acids is 1. The molecule has 2 N–H and O–H groups in total. The molecule has 0 fully saturated rings. The molecular formula is C21H14ClN5O3. The van der Waals surface area contributed by atoms with E-state index in [1.807, 2.05) is 0 Å². The number of aromatic nitrogens is 3. The summed E-state index contributed by atoms with van der Waals surface area (Å²) in [7, 11) is 0. The maximum atomic E-state index is 13.0. The van der Waals surface area contributed by atoms with Gasteiger partial charge in [0.1, 0.15) is 5.82 Å². The van der Waals surface area contributed by atoms with Crippen molar-refractivity contribution in [3.63, 3.8) is 0 Å². The number of hydrogen-bond donors (Lipinski definition) is 2. The number of hydrazone groups is 1. The molecule has 0 radical (unpaired) electrons. The molecule has 0 unspecified atom stereocenters. The maximum absolute atomic E-state index is 13.0. The number of nitrogens with zero attached hydrogens (tertiary/aromatic N) is 4. The Morgan fingerprint density at radius 1 is 1.10 bits per heavy atom. The Hall–Kier alpha value is -4.04. The van der Waals surface area contributed by atoms with Crippen molar-refractivity contribution in [2.45, 2.75) is 0 Å². The molecule has 0 atom stereocenters. The number of amides is 1. The highest BCUT2D eigenvalue weighted by atomic mass is 35.5. The van der Waals surface area contributed by atoms with Crippen LogP contribution in [0.25, 0.3) is 16.6 Å². The summed E-state index contributed by atoms with van der Waals surface area (Å²) in [6, 6.07) is 13.1. The zero-order chi connectivity index (χ0) is 21.1. The zero-order valence-electron chi connectivity index (χ0n) is 15.4. The average molecular weight is 420 g/mol. The molecule has 0 aliphatic rings. The summed E-state index contributed by atoms with van der Waals surface area (Å²) in [6.07, 6.45) is 5.61. The van der Waals surface area contributed by atoms with Crippen LogP contribution in [0.4, 0.5) is 0 Å². The molecule has 3 aromatic heterocycles. The van der Waals surface area contributed by atoms with Crippen molar-refractivity contribution in [2.24, 2.45) is 5.10 Å². The van der Waals surface area contributed by atoms with Crippen LogP contribution < -0.4 is 11.0 Å². The number of aromatic hydroxyl groups is 1. The van der Waals surface area contributed by atoms with Crippen molar-refractivity contribution in [2.75, 3.05) is 0 Å². The third-order valence-electron chi connectivity index (χ3n) is 4.33. The molecule has 3 heterocycles. The number of rotatable bonds is 4. The molecule has 30 heavy (non-hydrogen) atoms. The summed E-state index contributed by atoms with van der Waals surface area (Å²) in [6.45, 7) is 0. The van der Waals surface area contributed by atoms with Gasteiger partial charge in [-0.2, -0.15) is 5.10 Å².